The van der Waals surface area contributed by atoms with Crippen molar-refractivity contribution in [1.82, 2.24) is 5.32 Å². The molecule has 0 aromatic heterocycles. The van der Waals surface area contributed by atoms with E-state index in [1.54, 1.807) is 0 Å². The molecule has 3 rings (SSSR count). The Labute approximate surface area is 130 Å². The molecule has 0 bridgehead atoms. The van der Waals surface area contributed by atoms with Crippen molar-refractivity contribution in [3.8, 4) is 0 Å². The standard InChI is InChI=1S/C17H24BrNO/c18-15-5-3-4-14(12-15)17(8-10-20-11-9-17)13-19-16-6-1-2-7-16/h3-5,12,16,19H,1-2,6-11,13H2. The SMILES string of the molecule is Brc1cccc(C2(CNC3CCCC3)CCOCC2)c1. The van der Waals surface area contributed by atoms with E-state index in [0.717, 1.165) is 38.6 Å². The van der Waals surface area contributed by atoms with Crippen LogP contribution in [0.4, 0.5) is 0 Å². The third-order valence-corrected chi connectivity index (χ3v) is 5.46. The van der Waals surface area contributed by atoms with E-state index in [1.807, 2.05) is 0 Å². The minimum absolute atomic E-state index is 0.255. The van der Waals surface area contributed by atoms with Crippen LogP contribution in [0.3, 0.4) is 0 Å². The van der Waals surface area contributed by atoms with Crippen LogP contribution in [0, 0.1) is 0 Å². The van der Waals surface area contributed by atoms with Crippen molar-refractivity contribution in [1.29, 1.82) is 0 Å². The molecule has 0 atom stereocenters. The average Bonchev–Trinajstić information content (AvgIpc) is 3.00. The van der Waals surface area contributed by atoms with Crippen LogP contribution < -0.4 is 5.32 Å². The van der Waals surface area contributed by atoms with Gasteiger partial charge in [-0.25, -0.2) is 0 Å². The fraction of sp³-hybridized carbons (Fsp3) is 0.647. The van der Waals surface area contributed by atoms with Crippen LogP contribution in [0.25, 0.3) is 0 Å². The van der Waals surface area contributed by atoms with Crippen LogP contribution >= 0.6 is 15.9 Å². The highest BCUT2D eigenvalue weighted by Crippen LogP contribution is 2.36. The second-order valence-corrected chi connectivity index (χ2v) is 7.18. The maximum absolute atomic E-state index is 5.61. The van der Waals surface area contributed by atoms with Gasteiger partial charge in [-0.3, -0.25) is 0 Å². The molecule has 1 aliphatic carbocycles. The van der Waals surface area contributed by atoms with E-state index in [9.17, 15) is 0 Å². The van der Waals surface area contributed by atoms with E-state index in [4.69, 9.17) is 4.74 Å². The molecular formula is C17H24BrNO. The molecule has 0 amide bonds. The summed E-state index contributed by atoms with van der Waals surface area (Å²) >= 11 is 3.62. The Morgan fingerprint density at radius 2 is 1.95 bits per heavy atom. The number of benzene rings is 1. The lowest BCUT2D eigenvalue weighted by molar-refractivity contribution is 0.0489. The van der Waals surface area contributed by atoms with Gasteiger partial charge in [0.25, 0.3) is 0 Å². The molecule has 1 aromatic rings. The first kappa shape index (κ1) is 14.6. The molecule has 2 aliphatic rings. The average molecular weight is 338 g/mol. The molecule has 0 radical (unpaired) electrons. The summed E-state index contributed by atoms with van der Waals surface area (Å²) in [6.45, 7) is 2.87. The summed E-state index contributed by atoms with van der Waals surface area (Å²) < 4.78 is 6.79. The molecule has 1 aromatic carbocycles. The van der Waals surface area contributed by atoms with Gasteiger partial charge in [-0.15, -0.1) is 0 Å². The number of ether oxygens (including phenoxy) is 1. The lowest BCUT2D eigenvalue weighted by Gasteiger charge is -2.39. The highest BCUT2D eigenvalue weighted by molar-refractivity contribution is 9.10. The molecule has 1 saturated carbocycles. The van der Waals surface area contributed by atoms with Gasteiger partial charge in [0.2, 0.25) is 0 Å². The lowest BCUT2D eigenvalue weighted by Crippen LogP contribution is -2.45. The number of hydrogen-bond acceptors (Lipinski definition) is 2. The molecular weight excluding hydrogens is 314 g/mol. The van der Waals surface area contributed by atoms with E-state index in [0.29, 0.717) is 0 Å². The summed E-state index contributed by atoms with van der Waals surface area (Å²) in [4.78, 5) is 0. The molecule has 2 nitrogen and oxygen atoms in total. The summed E-state index contributed by atoms with van der Waals surface area (Å²) in [6, 6.07) is 9.59. The van der Waals surface area contributed by atoms with Gasteiger partial charge < -0.3 is 10.1 Å². The molecule has 2 fully saturated rings. The Hall–Kier alpha value is -0.380. The molecule has 1 saturated heterocycles. The molecule has 20 heavy (non-hydrogen) atoms. The lowest BCUT2D eigenvalue weighted by atomic mass is 9.74. The Morgan fingerprint density at radius 3 is 2.65 bits per heavy atom. The normalized spacial score (nSPS) is 23.1. The second kappa shape index (κ2) is 6.59. The number of rotatable bonds is 4. The molecule has 3 heteroatoms. The van der Waals surface area contributed by atoms with E-state index in [-0.39, 0.29) is 5.41 Å². The predicted octanol–water partition coefficient (Wildman–Crippen LogP) is 4.03. The molecule has 1 heterocycles. The van der Waals surface area contributed by atoms with Gasteiger partial charge in [0.05, 0.1) is 0 Å². The van der Waals surface area contributed by atoms with Gasteiger partial charge in [-0.05, 0) is 43.4 Å². The Morgan fingerprint density at radius 1 is 1.20 bits per heavy atom. The van der Waals surface area contributed by atoms with E-state index < -0.39 is 0 Å². The van der Waals surface area contributed by atoms with Gasteiger partial charge in [-0.1, -0.05) is 40.9 Å². The summed E-state index contributed by atoms with van der Waals surface area (Å²) in [7, 11) is 0. The number of nitrogens with one attached hydrogen (secondary N) is 1. The third kappa shape index (κ3) is 3.26. The first-order valence-corrected chi connectivity index (χ1v) is 8.65. The zero-order chi connectivity index (χ0) is 13.8. The zero-order valence-electron chi connectivity index (χ0n) is 12.0. The van der Waals surface area contributed by atoms with E-state index in [2.05, 4.69) is 45.5 Å². The Kier molecular flexibility index (Phi) is 4.79. The fourth-order valence-electron chi connectivity index (χ4n) is 3.62. The summed E-state index contributed by atoms with van der Waals surface area (Å²) in [5.74, 6) is 0. The number of hydrogen-bond donors (Lipinski definition) is 1. The summed E-state index contributed by atoms with van der Waals surface area (Å²) in [5.41, 5.74) is 1.71. The van der Waals surface area contributed by atoms with Gasteiger partial charge in [-0.2, -0.15) is 0 Å². The van der Waals surface area contributed by atoms with Gasteiger partial charge in [0, 0.05) is 35.7 Å². The van der Waals surface area contributed by atoms with Crippen molar-refractivity contribution >= 4 is 15.9 Å². The Balaban J connectivity index is 1.76. The first-order valence-electron chi connectivity index (χ1n) is 7.86. The van der Waals surface area contributed by atoms with Crippen LogP contribution in [-0.4, -0.2) is 25.8 Å². The van der Waals surface area contributed by atoms with Crippen LogP contribution in [0.1, 0.15) is 44.1 Å². The third-order valence-electron chi connectivity index (χ3n) is 4.97. The fourth-order valence-corrected chi connectivity index (χ4v) is 4.02. The Bertz CT molecular complexity index is 436. The predicted molar refractivity (Wildman–Crippen MR) is 86.1 cm³/mol. The first-order chi connectivity index (χ1) is 9.78. The molecule has 110 valence electrons. The highest BCUT2D eigenvalue weighted by Gasteiger charge is 2.35. The maximum atomic E-state index is 5.61. The van der Waals surface area contributed by atoms with Crippen LogP contribution in [0.15, 0.2) is 28.7 Å². The molecule has 1 N–H and O–H groups in total. The minimum atomic E-state index is 0.255. The van der Waals surface area contributed by atoms with Crippen LogP contribution in [-0.2, 0) is 10.2 Å². The molecule has 0 unspecified atom stereocenters. The quantitative estimate of drug-likeness (QED) is 0.895. The monoisotopic (exact) mass is 337 g/mol. The summed E-state index contributed by atoms with van der Waals surface area (Å²) in [5, 5.41) is 3.84. The van der Waals surface area contributed by atoms with Gasteiger partial charge in [0.15, 0.2) is 0 Å². The minimum Gasteiger partial charge on any atom is -0.381 e. The van der Waals surface area contributed by atoms with Crippen LogP contribution in [0.2, 0.25) is 0 Å². The van der Waals surface area contributed by atoms with Gasteiger partial charge in [0.1, 0.15) is 0 Å². The van der Waals surface area contributed by atoms with Crippen molar-refractivity contribution in [2.75, 3.05) is 19.8 Å². The zero-order valence-corrected chi connectivity index (χ0v) is 13.6. The highest BCUT2D eigenvalue weighted by atomic mass is 79.9. The van der Waals surface area contributed by atoms with Crippen LogP contribution in [0.5, 0.6) is 0 Å². The van der Waals surface area contributed by atoms with Gasteiger partial charge >= 0.3 is 0 Å². The molecule has 1 aliphatic heterocycles. The van der Waals surface area contributed by atoms with Crippen molar-refractivity contribution in [3.63, 3.8) is 0 Å². The second-order valence-electron chi connectivity index (χ2n) is 6.27. The van der Waals surface area contributed by atoms with Crippen molar-refractivity contribution < 1.29 is 4.74 Å². The van der Waals surface area contributed by atoms with E-state index in [1.165, 1.54) is 35.7 Å². The number of halogens is 1. The van der Waals surface area contributed by atoms with Crippen molar-refractivity contribution in [3.05, 3.63) is 34.3 Å². The summed E-state index contributed by atoms with van der Waals surface area (Å²) in [6.07, 6.45) is 7.75. The largest absolute Gasteiger partial charge is 0.381 e. The smallest absolute Gasteiger partial charge is 0.0475 e. The maximum Gasteiger partial charge on any atom is 0.0475 e. The van der Waals surface area contributed by atoms with Crippen molar-refractivity contribution in [2.45, 2.75) is 50.0 Å². The van der Waals surface area contributed by atoms with E-state index >= 15 is 0 Å². The van der Waals surface area contributed by atoms with Crippen molar-refractivity contribution in [2.24, 2.45) is 0 Å². The molecule has 0 spiro atoms. The topological polar surface area (TPSA) is 21.3 Å².